The van der Waals surface area contributed by atoms with Crippen LogP contribution in [0.2, 0.25) is 5.02 Å². The number of ether oxygens (including phenoxy) is 2. The maximum Gasteiger partial charge on any atom is 0.141 e. The van der Waals surface area contributed by atoms with Crippen LogP contribution in [0.5, 0.6) is 11.5 Å². The van der Waals surface area contributed by atoms with Crippen LogP contribution in [0.3, 0.4) is 0 Å². The quantitative estimate of drug-likeness (QED) is 0.121. The molecule has 5 nitrogen and oxygen atoms in total. The van der Waals surface area contributed by atoms with Crippen molar-refractivity contribution in [3.8, 4) is 22.9 Å². The molecule has 6 heteroatoms. The summed E-state index contributed by atoms with van der Waals surface area (Å²) >= 11 is 5.99. The molecule has 0 bridgehead atoms. The Morgan fingerprint density at radius 1 is 0.775 bits per heavy atom. The molecule has 1 heterocycles. The Morgan fingerprint density at radius 3 is 2.23 bits per heavy atom. The molecule has 0 saturated carbocycles. The molecule has 0 spiro atoms. The third kappa shape index (κ3) is 8.49. The second-order valence-corrected chi connectivity index (χ2v) is 10.7. The van der Waals surface area contributed by atoms with Crippen molar-refractivity contribution in [2.24, 2.45) is 0 Å². The first-order chi connectivity index (χ1) is 19.6. The highest BCUT2D eigenvalue weighted by Gasteiger charge is 2.14. The summed E-state index contributed by atoms with van der Waals surface area (Å²) in [6.45, 7) is 12.2. The fourth-order valence-corrected chi connectivity index (χ4v) is 5.12. The lowest BCUT2D eigenvalue weighted by Crippen LogP contribution is -2.25. The number of hydrogen-bond donors (Lipinski definition) is 0. The minimum atomic E-state index is 0.620. The van der Waals surface area contributed by atoms with Crippen molar-refractivity contribution in [1.29, 1.82) is 0 Å². The lowest BCUT2D eigenvalue weighted by Gasteiger charge is -2.17. The molecule has 214 valence electrons. The number of hydrogen-bond acceptors (Lipinski definition) is 4. The minimum absolute atomic E-state index is 0.620. The number of nitrogens with zero attached hydrogens (tertiary/aromatic N) is 3. The largest absolute Gasteiger partial charge is 0.493 e. The summed E-state index contributed by atoms with van der Waals surface area (Å²) in [6.07, 6.45) is 6.69. The molecule has 0 saturated heterocycles. The minimum Gasteiger partial charge on any atom is -0.493 e. The summed E-state index contributed by atoms with van der Waals surface area (Å²) in [4.78, 5) is 7.48. The molecule has 4 rings (SSSR count). The van der Waals surface area contributed by atoms with Crippen LogP contribution in [0.4, 0.5) is 0 Å². The molecule has 0 aliphatic carbocycles. The van der Waals surface area contributed by atoms with E-state index in [1.54, 1.807) is 0 Å². The van der Waals surface area contributed by atoms with E-state index in [-0.39, 0.29) is 0 Å². The summed E-state index contributed by atoms with van der Waals surface area (Å²) in [6, 6.07) is 22.6. The van der Waals surface area contributed by atoms with Gasteiger partial charge in [-0.3, -0.25) is 0 Å². The number of aryl methyl sites for hydroxylation is 1. The molecule has 40 heavy (non-hydrogen) atoms. The van der Waals surface area contributed by atoms with Gasteiger partial charge in [-0.15, -0.1) is 0 Å². The SMILES string of the molecule is CCCCCCn1c(-c2ccc(OCCc3ccc(Cl)cc3)cc2)nc2ccc(OCCCN(CC)CC)cc21. The molecule has 3 aromatic carbocycles. The first-order valence-corrected chi connectivity index (χ1v) is 15.3. The van der Waals surface area contributed by atoms with Crippen LogP contribution in [0, 0.1) is 0 Å². The molecule has 1 aromatic heterocycles. The van der Waals surface area contributed by atoms with Gasteiger partial charge in [-0.25, -0.2) is 4.98 Å². The number of fused-ring (bicyclic) bond motifs is 1. The lowest BCUT2D eigenvalue weighted by atomic mass is 10.1. The van der Waals surface area contributed by atoms with Gasteiger partial charge in [0.15, 0.2) is 0 Å². The van der Waals surface area contributed by atoms with Gasteiger partial charge in [-0.2, -0.15) is 0 Å². The number of aromatic nitrogens is 2. The van der Waals surface area contributed by atoms with Crippen LogP contribution >= 0.6 is 11.6 Å². The van der Waals surface area contributed by atoms with Crippen molar-refractivity contribution < 1.29 is 9.47 Å². The molecular formula is C34H44ClN3O2. The molecule has 0 aliphatic rings. The van der Waals surface area contributed by atoms with E-state index in [0.29, 0.717) is 6.61 Å². The maximum absolute atomic E-state index is 6.17. The molecule has 0 aliphatic heterocycles. The van der Waals surface area contributed by atoms with E-state index in [1.165, 1.54) is 24.8 Å². The van der Waals surface area contributed by atoms with Gasteiger partial charge in [0.1, 0.15) is 17.3 Å². The average Bonchev–Trinajstić information content (AvgIpc) is 3.34. The Morgan fingerprint density at radius 2 is 1.50 bits per heavy atom. The van der Waals surface area contributed by atoms with Gasteiger partial charge in [0, 0.05) is 36.2 Å². The van der Waals surface area contributed by atoms with E-state index in [2.05, 4.69) is 60.6 Å². The predicted molar refractivity (Wildman–Crippen MR) is 168 cm³/mol. The summed E-state index contributed by atoms with van der Waals surface area (Å²) in [5.74, 6) is 2.78. The topological polar surface area (TPSA) is 39.5 Å². The summed E-state index contributed by atoms with van der Waals surface area (Å²) in [7, 11) is 0. The molecule has 4 aromatic rings. The van der Waals surface area contributed by atoms with E-state index < -0.39 is 0 Å². The summed E-state index contributed by atoms with van der Waals surface area (Å²) in [5, 5.41) is 0.756. The van der Waals surface area contributed by atoms with Gasteiger partial charge in [0.2, 0.25) is 0 Å². The van der Waals surface area contributed by atoms with E-state index in [0.717, 1.165) is 91.0 Å². The predicted octanol–water partition coefficient (Wildman–Crippen LogP) is 8.67. The highest BCUT2D eigenvalue weighted by molar-refractivity contribution is 6.30. The third-order valence-corrected chi connectivity index (χ3v) is 7.67. The van der Waals surface area contributed by atoms with Gasteiger partial charge in [0.25, 0.3) is 0 Å². The Balaban J connectivity index is 1.46. The Hall–Kier alpha value is -3.02. The second kappa shape index (κ2) is 15.7. The number of rotatable bonds is 17. The van der Waals surface area contributed by atoms with Crippen LogP contribution < -0.4 is 9.47 Å². The van der Waals surface area contributed by atoms with Gasteiger partial charge in [0.05, 0.1) is 24.2 Å². The van der Waals surface area contributed by atoms with Crippen molar-refractivity contribution >= 4 is 22.6 Å². The van der Waals surface area contributed by atoms with Gasteiger partial charge in [-0.1, -0.05) is 63.8 Å². The van der Waals surface area contributed by atoms with Crippen molar-refractivity contribution in [2.45, 2.75) is 65.8 Å². The molecule has 0 unspecified atom stereocenters. The number of imidazole rings is 1. The van der Waals surface area contributed by atoms with E-state index in [1.807, 2.05) is 36.4 Å². The monoisotopic (exact) mass is 561 g/mol. The van der Waals surface area contributed by atoms with Crippen LogP contribution in [-0.4, -0.2) is 47.3 Å². The highest BCUT2D eigenvalue weighted by atomic mass is 35.5. The average molecular weight is 562 g/mol. The molecule has 0 amide bonds. The normalized spacial score (nSPS) is 11.4. The number of unbranched alkanes of at least 4 members (excludes halogenated alkanes) is 3. The Kier molecular flexibility index (Phi) is 11.7. The molecular weight excluding hydrogens is 518 g/mol. The molecule has 0 radical (unpaired) electrons. The van der Waals surface area contributed by atoms with Crippen molar-refractivity contribution in [3.63, 3.8) is 0 Å². The van der Waals surface area contributed by atoms with Gasteiger partial charge >= 0.3 is 0 Å². The summed E-state index contributed by atoms with van der Waals surface area (Å²) in [5.41, 5.74) is 4.45. The number of benzene rings is 3. The van der Waals surface area contributed by atoms with Crippen molar-refractivity contribution in [2.75, 3.05) is 32.8 Å². The van der Waals surface area contributed by atoms with E-state index in [4.69, 9.17) is 26.1 Å². The molecule has 0 atom stereocenters. The fraction of sp³-hybridized carbons (Fsp3) is 0.441. The van der Waals surface area contributed by atoms with Crippen LogP contribution in [0.15, 0.2) is 66.7 Å². The lowest BCUT2D eigenvalue weighted by molar-refractivity contribution is 0.249. The first kappa shape index (κ1) is 30.0. The zero-order chi connectivity index (χ0) is 28.2. The highest BCUT2D eigenvalue weighted by Crippen LogP contribution is 2.29. The van der Waals surface area contributed by atoms with Gasteiger partial charge in [-0.05, 0) is 80.0 Å². The smallest absolute Gasteiger partial charge is 0.141 e. The van der Waals surface area contributed by atoms with E-state index in [9.17, 15) is 0 Å². The van der Waals surface area contributed by atoms with Crippen molar-refractivity contribution in [3.05, 3.63) is 77.3 Å². The Bertz CT molecular complexity index is 1300. The van der Waals surface area contributed by atoms with Crippen LogP contribution in [0.25, 0.3) is 22.4 Å². The van der Waals surface area contributed by atoms with Crippen molar-refractivity contribution in [1.82, 2.24) is 14.5 Å². The molecule has 0 fully saturated rings. The zero-order valence-electron chi connectivity index (χ0n) is 24.4. The zero-order valence-corrected chi connectivity index (χ0v) is 25.1. The third-order valence-electron chi connectivity index (χ3n) is 7.42. The Labute approximate surface area is 245 Å². The van der Waals surface area contributed by atoms with E-state index >= 15 is 0 Å². The molecule has 0 N–H and O–H groups in total. The van der Waals surface area contributed by atoms with Gasteiger partial charge < -0.3 is 18.9 Å². The van der Waals surface area contributed by atoms with Crippen LogP contribution in [0.1, 0.15) is 58.4 Å². The maximum atomic E-state index is 6.17. The first-order valence-electron chi connectivity index (χ1n) is 14.9. The fourth-order valence-electron chi connectivity index (χ4n) is 4.99. The number of halogens is 1. The standard InChI is InChI=1S/C34H44ClN3O2/c1-4-7-8-9-23-38-33-26-31(39-24-10-22-37(5-2)6-3)19-20-32(33)36-34(38)28-13-17-30(18-14-28)40-25-21-27-11-15-29(35)16-12-27/h11-20,26H,4-10,21-25H2,1-3H3. The second-order valence-electron chi connectivity index (χ2n) is 10.3. The summed E-state index contributed by atoms with van der Waals surface area (Å²) < 4.78 is 14.6. The van der Waals surface area contributed by atoms with Crippen LogP contribution in [-0.2, 0) is 13.0 Å².